The van der Waals surface area contributed by atoms with E-state index in [9.17, 15) is 27.2 Å². The van der Waals surface area contributed by atoms with E-state index < -0.39 is 24.0 Å². The van der Waals surface area contributed by atoms with Crippen LogP contribution in [0.25, 0.3) is 11.3 Å². The van der Waals surface area contributed by atoms with Crippen molar-refractivity contribution in [3.05, 3.63) is 35.8 Å². The second kappa shape index (κ2) is 9.39. The van der Waals surface area contributed by atoms with E-state index in [4.69, 9.17) is 10.3 Å². The van der Waals surface area contributed by atoms with E-state index in [0.29, 0.717) is 24.8 Å². The number of benzene rings is 1. The number of primary amides is 1. The van der Waals surface area contributed by atoms with E-state index in [-0.39, 0.29) is 36.0 Å². The average Bonchev–Trinajstić information content (AvgIpc) is 3.46. The Morgan fingerprint density at radius 3 is 2.65 bits per heavy atom. The fraction of sp³-hybridized carbons (Fsp3) is 0.476. The normalized spacial score (nSPS) is 18.5. The fourth-order valence-electron chi connectivity index (χ4n) is 4.05. The van der Waals surface area contributed by atoms with Gasteiger partial charge in [-0.1, -0.05) is 5.16 Å². The Bertz CT molecular complexity index is 1060. The van der Waals surface area contributed by atoms with Gasteiger partial charge in [0.25, 0.3) is 0 Å². The number of nitrogens with zero attached hydrogens (tertiary/aromatic N) is 3. The van der Waals surface area contributed by atoms with Crippen molar-refractivity contribution in [1.29, 1.82) is 0 Å². The zero-order chi connectivity index (χ0) is 24.5. The summed E-state index contributed by atoms with van der Waals surface area (Å²) in [5.74, 6) is -1.66. The number of hydrogen-bond donors (Lipinski definition) is 2. The number of amides is 4. The van der Waals surface area contributed by atoms with Gasteiger partial charge in [-0.25, -0.2) is 14.0 Å². The first kappa shape index (κ1) is 23.6. The van der Waals surface area contributed by atoms with Crippen LogP contribution in [0.5, 0.6) is 5.75 Å². The van der Waals surface area contributed by atoms with E-state index in [1.165, 1.54) is 11.0 Å². The Kier molecular flexibility index (Phi) is 6.53. The quantitative estimate of drug-likeness (QED) is 0.607. The number of nitrogens with two attached hydrogens (primary N) is 1. The van der Waals surface area contributed by atoms with Crippen molar-refractivity contribution in [3.63, 3.8) is 0 Å². The van der Waals surface area contributed by atoms with Crippen molar-refractivity contribution in [2.24, 2.45) is 5.73 Å². The molecule has 184 valence electrons. The van der Waals surface area contributed by atoms with E-state index in [1.807, 2.05) is 0 Å². The molecule has 0 unspecified atom stereocenters. The van der Waals surface area contributed by atoms with Crippen LogP contribution >= 0.6 is 0 Å². The van der Waals surface area contributed by atoms with Crippen LogP contribution in [-0.2, 0) is 6.54 Å². The number of piperidine rings is 1. The number of alkyl halides is 3. The third kappa shape index (κ3) is 5.88. The molecular formula is C21H23F4N5O4. The molecule has 2 aromatic rings. The summed E-state index contributed by atoms with van der Waals surface area (Å²) < 4.78 is 60.0. The lowest BCUT2D eigenvalue weighted by atomic mass is 10.0. The molecule has 34 heavy (non-hydrogen) atoms. The Labute approximate surface area is 191 Å². The molecule has 9 nitrogen and oxygen atoms in total. The van der Waals surface area contributed by atoms with Gasteiger partial charge in [0.2, 0.25) is 0 Å². The van der Waals surface area contributed by atoms with Gasteiger partial charge < -0.3 is 30.1 Å². The summed E-state index contributed by atoms with van der Waals surface area (Å²) in [6.45, 7) is 0.914. The van der Waals surface area contributed by atoms with Crippen molar-refractivity contribution in [1.82, 2.24) is 20.3 Å². The highest BCUT2D eigenvalue weighted by atomic mass is 19.4. The number of urea groups is 2. The first-order valence-corrected chi connectivity index (χ1v) is 10.7. The maximum absolute atomic E-state index is 13.8. The van der Waals surface area contributed by atoms with Gasteiger partial charge in [-0.15, -0.1) is 13.2 Å². The van der Waals surface area contributed by atoms with Crippen molar-refractivity contribution < 1.29 is 36.4 Å². The summed E-state index contributed by atoms with van der Waals surface area (Å²) in [5, 5.41) is 6.57. The largest absolute Gasteiger partial charge is 0.573 e. The lowest BCUT2D eigenvalue weighted by molar-refractivity contribution is -0.274. The lowest BCUT2D eigenvalue weighted by Crippen LogP contribution is -2.55. The molecular weight excluding hydrogens is 462 g/mol. The number of halogens is 4. The summed E-state index contributed by atoms with van der Waals surface area (Å²) in [6, 6.07) is 3.05. The van der Waals surface area contributed by atoms with Crippen LogP contribution in [0.4, 0.5) is 27.2 Å². The maximum Gasteiger partial charge on any atom is 0.573 e. The zero-order valence-corrected chi connectivity index (χ0v) is 18.0. The minimum absolute atomic E-state index is 0.00215. The van der Waals surface area contributed by atoms with Gasteiger partial charge in [-0.3, -0.25) is 0 Å². The minimum Gasteiger partial charge on any atom is -0.406 e. The second-order valence-electron chi connectivity index (χ2n) is 8.28. The van der Waals surface area contributed by atoms with Crippen LogP contribution < -0.4 is 15.8 Å². The highest BCUT2D eigenvalue weighted by molar-refractivity contribution is 5.76. The molecule has 2 fully saturated rings. The first-order valence-electron chi connectivity index (χ1n) is 10.7. The number of ether oxygens (including phenoxy) is 1. The standard InChI is InChI=1S/C21H23F4N5O4/c22-13-6-12(7-17(8-13)33-21(23,24)25)18-9-14(28-34-18)10-27-20(32)30(15-3-4-15)16-2-1-5-29(11-16)19(26)31/h6-9,15-16H,1-5,10-11H2,(H2,26,31)(H,27,32)/t16-/m1/s1. The fourth-order valence-corrected chi connectivity index (χ4v) is 4.05. The highest BCUT2D eigenvalue weighted by Crippen LogP contribution is 2.32. The number of rotatable bonds is 6. The molecule has 1 atom stereocenters. The molecule has 1 aromatic carbocycles. The molecule has 0 bridgehead atoms. The van der Waals surface area contributed by atoms with Gasteiger partial charge >= 0.3 is 18.4 Å². The zero-order valence-electron chi connectivity index (χ0n) is 18.0. The number of aromatic nitrogens is 1. The van der Waals surface area contributed by atoms with Crippen LogP contribution in [0.3, 0.4) is 0 Å². The van der Waals surface area contributed by atoms with Gasteiger partial charge in [0.05, 0.1) is 12.6 Å². The van der Waals surface area contributed by atoms with Gasteiger partial charge in [-0.05, 0) is 37.8 Å². The molecule has 0 spiro atoms. The lowest BCUT2D eigenvalue weighted by Gasteiger charge is -2.38. The second-order valence-corrected chi connectivity index (χ2v) is 8.28. The molecule has 0 radical (unpaired) electrons. The predicted molar refractivity (Wildman–Crippen MR) is 110 cm³/mol. The molecule has 1 saturated heterocycles. The molecule has 13 heteroatoms. The molecule has 3 N–H and O–H groups in total. The molecule has 1 aromatic heterocycles. The molecule has 4 amide bonds. The van der Waals surface area contributed by atoms with E-state index in [2.05, 4.69) is 15.2 Å². The summed E-state index contributed by atoms with van der Waals surface area (Å²) in [5.41, 5.74) is 5.69. The van der Waals surface area contributed by atoms with Crippen LogP contribution in [0, 0.1) is 5.82 Å². The van der Waals surface area contributed by atoms with Crippen LogP contribution in [-0.4, -0.2) is 58.6 Å². The Balaban J connectivity index is 1.40. The van der Waals surface area contributed by atoms with Crippen LogP contribution in [0.1, 0.15) is 31.4 Å². The summed E-state index contributed by atoms with van der Waals surface area (Å²) in [6.07, 6.45) is -1.73. The molecule has 1 saturated carbocycles. The smallest absolute Gasteiger partial charge is 0.406 e. The molecule has 2 heterocycles. The Morgan fingerprint density at radius 1 is 1.21 bits per heavy atom. The van der Waals surface area contributed by atoms with Gasteiger partial charge in [-0.2, -0.15) is 0 Å². The average molecular weight is 485 g/mol. The monoisotopic (exact) mass is 485 g/mol. The maximum atomic E-state index is 13.8. The third-order valence-corrected chi connectivity index (χ3v) is 5.65. The van der Waals surface area contributed by atoms with Gasteiger partial charge in [0.1, 0.15) is 17.3 Å². The van der Waals surface area contributed by atoms with Crippen molar-refractivity contribution in [2.45, 2.75) is 50.7 Å². The Hall–Kier alpha value is -3.51. The molecule has 1 aliphatic heterocycles. The summed E-state index contributed by atoms with van der Waals surface area (Å²) >= 11 is 0. The van der Waals surface area contributed by atoms with Crippen molar-refractivity contribution in [3.8, 4) is 17.1 Å². The number of carbonyl (C=O) groups excluding carboxylic acids is 2. The van der Waals surface area contributed by atoms with Gasteiger partial charge in [0.15, 0.2) is 5.76 Å². The summed E-state index contributed by atoms with van der Waals surface area (Å²) in [4.78, 5) is 27.7. The third-order valence-electron chi connectivity index (χ3n) is 5.65. The minimum atomic E-state index is -4.97. The first-order chi connectivity index (χ1) is 16.1. The molecule has 1 aliphatic carbocycles. The van der Waals surface area contributed by atoms with E-state index >= 15 is 0 Å². The highest BCUT2D eigenvalue weighted by Gasteiger charge is 2.39. The topological polar surface area (TPSA) is 114 Å². The van der Waals surface area contributed by atoms with Crippen LogP contribution in [0.2, 0.25) is 0 Å². The van der Waals surface area contributed by atoms with E-state index in [1.54, 1.807) is 4.90 Å². The number of carbonyl (C=O) groups is 2. The number of likely N-dealkylation sites (tertiary alicyclic amines) is 1. The number of hydrogen-bond acceptors (Lipinski definition) is 5. The summed E-state index contributed by atoms with van der Waals surface area (Å²) in [7, 11) is 0. The van der Waals surface area contributed by atoms with Gasteiger partial charge in [0, 0.05) is 36.8 Å². The van der Waals surface area contributed by atoms with E-state index in [0.717, 1.165) is 37.8 Å². The molecule has 4 rings (SSSR count). The molecule has 2 aliphatic rings. The van der Waals surface area contributed by atoms with Crippen molar-refractivity contribution in [2.75, 3.05) is 13.1 Å². The SMILES string of the molecule is NC(=O)N1CCC[C@@H](N(C(=O)NCc2cc(-c3cc(F)cc(OC(F)(F)F)c3)on2)C2CC2)C1. The van der Waals surface area contributed by atoms with Crippen molar-refractivity contribution >= 4 is 12.1 Å². The predicted octanol–water partition coefficient (Wildman–Crippen LogP) is 3.60. The van der Waals surface area contributed by atoms with Crippen LogP contribution in [0.15, 0.2) is 28.8 Å². The number of nitrogens with one attached hydrogen (secondary N) is 1. The Morgan fingerprint density at radius 2 is 1.97 bits per heavy atom.